The Kier molecular flexibility index (Phi) is 5.96. The number of halogens is 3. The van der Waals surface area contributed by atoms with Crippen LogP contribution in [0.5, 0.6) is 0 Å². The third kappa shape index (κ3) is 9.55. The Hall–Kier alpha value is -0.470. The van der Waals surface area contributed by atoms with Gasteiger partial charge in [-0.05, 0) is 30.1 Å². The summed E-state index contributed by atoms with van der Waals surface area (Å²) in [7, 11) is 0. The second-order valence-electron chi connectivity index (χ2n) is 7.35. The van der Waals surface area contributed by atoms with Gasteiger partial charge in [-0.15, -0.1) is 0 Å². The first-order valence-electron chi connectivity index (χ1n) is 6.56. The highest BCUT2D eigenvalue weighted by molar-refractivity contribution is 4.92. The van der Waals surface area contributed by atoms with Gasteiger partial charge in [-0.25, -0.2) is 0 Å². The Labute approximate surface area is 110 Å². The Morgan fingerprint density at radius 2 is 1.44 bits per heavy atom. The standard InChI is InChI=1S/C15H27F3/c1-13(2,3)10-8-7-9-12(15(16,17)18)11-14(4,5)6/h8,10,12H,7,9,11H2,1-6H3/b10-8+/t12-/m0/s1. The second kappa shape index (κ2) is 6.12. The van der Waals surface area contributed by atoms with Gasteiger partial charge < -0.3 is 0 Å². The van der Waals surface area contributed by atoms with Gasteiger partial charge in [0.15, 0.2) is 0 Å². The zero-order valence-corrected chi connectivity index (χ0v) is 12.5. The van der Waals surface area contributed by atoms with E-state index in [-0.39, 0.29) is 23.7 Å². The highest BCUT2D eigenvalue weighted by atomic mass is 19.4. The fourth-order valence-corrected chi connectivity index (χ4v) is 1.85. The SMILES string of the molecule is CC(C)(C)/C=C/CC[C@@H](CC(C)(C)C)C(F)(F)F. The van der Waals surface area contributed by atoms with Gasteiger partial charge in [0.05, 0.1) is 5.92 Å². The van der Waals surface area contributed by atoms with E-state index in [1.54, 1.807) is 0 Å². The molecule has 0 aromatic rings. The normalized spacial score (nSPS) is 16.3. The van der Waals surface area contributed by atoms with Crippen molar-refractivity contribution in [3.63, 3.8) is 0 Å². The van der Waals surface area contributed by atoms with Crippen molar-refractivity contribution in [1.82, 2.24) is 0 Å². The minimum atomic E-state index is -4.08. The van der Waals surface area contributed by atoms with E-state index < -0.39 is 12.1 Å². The van der Waals surface area contributed by atoms with Crippen molar-refractivity contribution in [3.05, 3.63) is 12.2 Å². The molecule has 0 saturated carbocycles. The summed E-state index contributed by atoms with van der Waals surface area (Å²) in [6.45, 7) is 11.7. The largest absolute Gasteiger partial charge is 0.391 e. The summed E-state index contributed by atoms with van der Waals surface area (Å²) in [6, 6.07) is 0. The van der Waals surface area contributed by atoms with E-state index in [0.717, 1.165) is 0 Å². The van der Waals surface area contributed by atoms with Gasteiger partial charge in [-0.3, -0.25) is 0 Å². The Balaban J connectivity index is 4.41. The quantitative estimate of drug-likeness (QED) is 0.547. The second-order valence-corrected chi connectivity index (χ2v) is 7.35. The molecule has 0 aromatic heterocycles. The fourth-order valence-electron chi connectivity index (χ4n) is 1.85. The molecule has 0 aliphatic carbocycles. The lowest BCUT2D eigenvalue weighted by Crippen LogP contribution is -2.27. The summed E-state index contributed by atoms with van der Waals surface area (Å²) in [5.41, 5.74) is -0.244. The van der Waals surface area contributed by atoms with Crippen molar-refractivity contribution in [1.29, 1.82) is 0 Å². The van der Waals surface area contributed by atoms with Crippen LogP contribution in [0.15, 0.2) is 12.2 Å². The van der Waals surface area contributed by atoms with Crippen LogP contribution in [0.3, 0.4) is 0 Å². The molecule has 108 valence electrons. The van der Waals surface area contributed by atoms with E-state index in [4.69, 9.17) is 0 Å². The van der Waals surface area contributed by atoms with Crippen LogP contribution in [0.1, 0.15) is 60.8 Å². The summed E-state index contributed by atoms with van der Waals surface area (Å²) >= 11 is 0. The first-order chi connectivity index (χ1) is 7.81. The number of rotatable bonds is 4. The molecule has 0 amide bonds. The molecule has 0 spiro atoms. The maximum Gasteiger partial charge on any atom is 0.391 e. The highest BCUT2D eigenvalue weighted by Crippen LogP contribution is 2.38. The topological polar surface area (TPSA) is 0 Å². The lowest BCUT2D eigenvalue weighted by molar-refractivity contribution is -0.183. The van der Waals surface area contributed by atoms with Gasteiger partial charge in [0.1, 0.15) is 0 Å². The zero-order chi connectivity index (χ0) is 14.6. The van der Waals surface area contributed by atoms with Crippen LogP contribution < -0.4 is 0 Å². The zero-order valence-electron chi connectivity index (χ0n) is 12.5. The number of alkyl halides is 3. The van der Waals surface area contributed by atoms with E-state index in [1.807, 2.05) is 53.7 Å². The molecular weight excluding hydrogens is 237 g/mol. The van der Waals surface area contributed by atoms with Crippen LogP contribution in [-0.4, -0.2) is 6.18 Å². The Morgan fingerprint density at radius 1 is 0.944 bits per heavy atom. The molecule has 0 saturated heterocycles. The van der Waals surface area contributed by atoms with Crippen molar-refractivity contribution in [2.24, 2.45) is 16.7 Å². The summed E-state index contributed by atoms with van der Waals surface area (Å²) in [5, 5.41) is 0. The van der Waals surface area contributed by atoms with Crippen LogP contribution in [0, 0.1) is 16.7 Å². The van der Waals surface area contributed by atoms with Gasteiger partial charge >= 0.3 is 6.18 Å². The number of allylic oxidation sites excluding steroid dienone is 2. The van der Waals surface area contributed by atoms with Gasteiger partial charge in [0.2, 0.25) is 0 Å². The van der Waals surface area contributed by atoms with Crippen molar-refractivity contribution in [3.8, 4) is 0 Å². The molecule has 0 aliphatic heterocycles. The van der Waals surface area contributed by atoms with E-state index in [1.165, 1.54) is 0 Å². The lowest BCUT2D eigenvalue weighted by Gasteiger charge is -2.27. The molecule has 1 atom stereocenters. The number of hydrogen-bond donors (Lipinski definition) is 0. The van der Waals surface area contributed by atoms with Crippen LogP contribution in [0.25, 0.3) is 0 Å². The first-order valence-corrected chi connectivity index (χ1v) is 6.56. The number of hydrogen-bond acceptors (Lipinski definition) is 0. The minimum Gasteiger partial charge on any atom is -0.171 e. The maximum atomic E-state index is 12.9. The monoisotopic (exact) mass is 264 g/mol. The summed E-state index contributed by atoms with van der Waals surface area (Å²) < 4.78 is 38.7. The van der Waals surface area contributed by atoms with E-state index in [9.17, 15) is 13.2 Å². The molecule has 0 rings (SSSR count). The minimum absolute atomic E-state index is 0.0394. The molecule has 0 unspecified atom stereocenters. The molecular formula is C15H27F3. The Morgan fingerprint density at radius 3 is 1.78 bits per heavy atom. The average Bonchev–Trinajstić information content (AvgIpc) is 2.04. The van der Waals surface area contributed by atoms with Crippen LogP contribution in [0.2, 0.25) is 0 Å². The van der Waals surface area contributed by atoms with E-state index >= 15 is 0 Å². The van der Waals surface area contributed by atoms with Crippen molar-refractivity contribution >= 4 is 0 Å². The van der Waals surface area contributed by atoms with Crippen molar-refractivity contribution in [2.45, 2.75) is 67.0 Å². The predicted octanol–water partition coefficient (Wildman–Crippen LogP) is 5.98. The maximum absolute atomic E-state index is 12.9. The fraction of sp³-hybridized carbons (Fsp3) is 0.867. The van der Waals surface area contributed by atoms with Crippen molar-refractivity contribution < 1.29 is 13.2 Å². The molecule has 0 bridgehead atoms. The lowest BCUT2D eigenvalue weighted by atomic mass is 9.82. The van der Waals surface area contributed by atoms with Gasteiger partial charge in [-0.1, -0.05) is 53.7 Å². The molecule has 0 fully saturated rings. The molecule has 0 radical (unpaired) electrons. The Bertz CT molecular complexity index is 261. The summed E-state index contributed by atoms with van der Waals surface area (Å²) in [4.78, 5) is 0. The van der Waals surface area contributed by atoms with E-state index in [2.05, 4.69) is 0 Å². The molecule has 0 heterocycles. The van der Waals surface area contributed by atoms with Crippen molar-refractivity contribution in [2.75, 3.05) is 0 Å². The smallest absolute Gasteiger partial charge is 0.171 e. The van der Waals surface area contributed by atoms with E-state index in [0.29, 0.717) is 6.42 Å². The predicted molar refractivity (Wildman–Crippen MR) is 71.4 cm³/mol. The third-order valence-electron chi connectivity index (χ3n) is 2.62. The first kappa shape index (κ1) is 17.5. The molecule has 0 N–H and O–H groups in total. The summed E-state index contributed by atoms with van der Waals surface area (Å²) in [6.07, 6.45) is 0.659. The van der Waals surface area contributed by atoms with Gasteiger partial charge in [-0.2, -0.15) is 13.2 Å². The van der Waals surface area contributed by atoms with Crippen LogP contribution >= 0.6 is 0 Å². The molecule has 3 heteroatoms. The third-order valence-corrected chi connectivity index (χ3v) is 2.62. The average molecular weight is 264 g/mol. The summed E-state index contributed by atoms with van der Waals surface area (Å²) in [5.74, 6) is -1.19. The molecule has 0 aromatic carbocycles. The molecule has 0 nitrogen and oxygen atoms in total. The van der Waals surface area contributed by atoms with Gasteiger partial charge in [0, 0.05) is 0 Å². The van der Waals surface area contributed by atoms with Gasteiger partial charge in [0.25, 0.3) is 0 Å². The molecule has 0 aliphatic rings. The highest BCUT2D eigenvalue weighted by Gasteiger charge is 2.40. The van der Waals surface area contributed by atoms with Crippen LogP contribution in [-0.2, 0) is 0 Å². The molecule has 18 heavy (non-hydrogen) atoms. The van der Waals surface area contributed by atoms with Crippen LogP contribution in [0.4, 0.5) is 13.2 Å².